The lowest BCUT2D eigenvalue weighted by Gasteiger charge is -2.31. The maximum absolute atomic E-state index is 9.60. The SMILES string of the molecule is C=C(C)C(=O)O.C=C(C)C(=O)O.CC1(CO)C=CC=CC1CO. The van der Waals surface area contributed by atoms with Crippen LogP contribution in [0.1, 0.15) is 20.8 Å². The van der Waals surface area contributed by atoms with Gasteiger partial charge in [-0.05, 0) is 13.8 Å². The van der Waals surface area contributed by atoms with Gasteiger partial charge in [-0.3, -0.25) is 0 Å². The van der Waals surface area contributed by atoms with Gasteiger partial charge in [-0.2, -0.15) is 0 Å². The normalized spacial score (nSPS) is 21.2. The van der Waals surface area contributed by atoms with Crippen LogP contribution in [0.2, 0.25) is 0 Å². The number of aliphatic hydroxyl groups is 2. The molecule has 6 nitrogen and oxygen atoms in total. The van der Waals surface area contributed by atoms with E-state index >= 15 is 0 Å². The molecule has 1 aliphatic rings. The summed E-state index contributed by atoms with van der Waals surface area (Å²) in [6.07, 6.45) is 7.67. The first kappa shape index (κ1) is 23.1. The largest absolute Gasteiger partial charge is 0.478 e. The fraction of sp³-hybridized carbons (Fsp3) is 0.412. The van der Waals surface area contributed by atoms with Crippen LogP contribution in [0.3, 0.4) is 0 Å². The molecule has 0 radical (unpaired) electrons. The number of carboxylic acids is 2. The molecule has 0 fully saturated rings. The number of hydrogen-bond acceptors (Lipinski definition) is 4. The van der Waals surface area contributed by atoms with Crippen LogP contribution in [-0.2, 0) is 9.59 Å². The molecule has 6 heteroatoms. The van der Waals surface area contributed by atoms with Crippen molar-refractivity contribution in [3.8, 4) is 0 Å². The van der Waals surface area contributed by atoms with Crippen molar-refractivity contribution in [1.29, 1.82) is 0 Å². The van der Waals surface area contributed by atoms with Gasteiger partial charge in [-0.1, -0.05) is 44.4 Å². The van der Waals surface area contributed by atoms with E-state index in [0.717, 1.165) is 0 Å². The molecule has 0 spiro atoms. The predicted octanol–water partition coefficient (Wildman–Crippen LogP) is 2.01. The lowest BCUT2D eigenvalue weighted by atomic mass is 9.75. The molecule has 2 atom stereocenters. The highest BCUT2D eigenvalue weighted by Gasteiger charge is 2.29. The number of hydrogen-bond donors (Lipinski definition) is 4. The molecule has 0 amide bonds. The van der Waals surface area contributed by atoms with Crippen molar-refractivity contribution >= 4 is 11.9 Å². The van der Waals surface area contributed by atoms with E-state index < -0.39 is 11.9 Å². The summed E-state index contributed by atoms with van der Waals surface area (Å²) in [5.41, 5.74) is 0.0775. The highest BCUT2D eigenvalue weighted by Crippen LogP contribution is 2.31. The Morgan fingerprint density at radius 2 is 1.43 bits per heavy atom. The first-order valence-corrected chi connectivity index (χ1v) is 6.87. The molecule has 4 N–H and O–H groups in total. The maximum atomic E-state index is 9.60. The van der Waals surface area contributed by atoms with E-state index in [1.54, 1.807) is 0 Å². The summed E-state index contributed by atoms with van der Waals surface area (Å²) >= 11 is 0. The van der Waals surface area contributed by atoms with Crippen LogP contribution >= 0.6 is 0 Å². The first-order chi connectivity index (χ1) is 10.5. The molecule has 23 heavy (non-hydrogen) atoms. The Kier molecular flexibility index (Phi) is 11.4. The van der Waals surface area contributed by atoms with E-state index in [9.17, 15) is 9.59 Å². The first-order valence-electron chi connectivity index (χ1n) is 6.87. The second-order valence-corrected chi connectivity index (χ2v) is 5.37. The number of carbonyl (C=O) groups is 2. The Balaban J connectivity index is 0. The van der Waals surface area contributed by atoms with Crippen molar-refractivity contribution < 1.29 is 30.0 Å². The number of aliphatic carboxylic acids is 2. The minimum Gasteiger partial charge on any atom is -0.478 e. The topological polar surface area (TPSA) is 115 Å². The standard InChI is InChI=1S/C9H14O2.2C4H6O2/c1-9(7-11)5-3-2-4-8(9)6-10;2*1-3(2)4(5)6/h2-5,8,10-11H,6-7H2,1H3;2*1H2,2H3,(H,5,6). The predicted molar refractivity (Wildman–Crippen MR) is 88.9 cm³/mol. The molecule has 0 aromatic heterocycles. The fourth-order valence-corrected chi connectivity index (χ4v) is 1.26. The smallest absolute Gasteiger partial charge is 0.330 e. The van der Waals surface area contributed by atoms with E-state index in [4.69, 9.17) is 20.4 Å². The molecule has 0 aliphatic heterocycles. The van der Waals surface area contributed by atoms with Gasteiger partial charge in [0.2, 0.25) is 0 Å². The van der Waals surface area contributed by atoms with Gasteiger partial charge in [-0.15, -0.1) is 0 Å². The van der Waals surface area contributed by atoms with Crippen molar-refractivity contribution in [2.24, 2.45) is 11.3 Å². The summed E-state index contributed by atoms with van der Waals surface area (Å²) in [4.78, 5) is 19.2. The van der Waals surface area contributed by atoms with Gasteiger partial charge in [0.05, 0.1) is 13.2 Å². The van der Waals surface area contributed by atoms with Gasteiger partial charge in [-0.25, -0.2) is 9.59 Å². The van der Waals surface area contributed by atoms with Crippen molar-refractivity contribution in [1.82, 2.24) is 0 Å². The second kappa shape index (κ2) is 11.4. The molecule has 1 aliphatic carbocycles. The summed E-state index contributed by atoms with van der Waals surface area (Å²) in [5.74, 6) is -1.82. The van der Waals surface area contributed by atoms with Crippen LogP contribution < -0.4 is 0 Å². The van der Waals surface area contributed by atoms with Crippen LogP contribution in [0, 0.1) is 11.3 Å². The number of rotatable bonds is 4. The van der Waals surface area contributed by atoms with E-state index in [2.05, 4.69) is 13.2 Å². The highest BCUT2D eigenvalue weighted by molar-refractivity contribution is 5.85. The molecule has 0 saturated heterocycles. The molecule has 0 heterocycles. The number of allylic oxidation sites excluding steroid dienone is 2. The minimum atomic E-state index is -0.935. The summed E-state index contributed by atoms with van der Waals surface area (Å²) in [7, 11) is 0. The van der Waals surface area contributed by atoms with Crippen LogP contribution in [-0.4, -0.2) is 45.6 Å². The third kappa shape index (κ3) is 10.2. The Morgan fingerprint density at radius 1 is 1.04 bits per heavy atom. The van der Waals surface area contributed by atoms with Crippen molar-refractivity contribution in [3.05, 3.63) is 48.6 Å². The highest BCUT2D eigenvalue weighted by atomic mass is 16.4. The summed E-state index contributed by atoms with van der Waals surface area (Å²) in [6.45, 7) is 11.3. The molecule has 130 valence electrons. The second-order valence-electron chi connectivity index (χ2n) is 5.37. The minimum absolute atomic E-state index is 0.0532. The molecule has 1 rings (SSSR count). The Hall–Kier alpha value is -2.18. The third-order valence-electron chi connectivity index (χ3n) is 3.05. The zero-order valence-electron chi connectivity index (χ0n) is 13.8. The van der Waals surface area contributed by atoms with Crippen molar-refractivity contribution in [3.63, 3.8) is 0 Å². The average molecular weight is 326 g/mol. The molecule has 0 bridgehead atoms. The molecule has 0 aromatic rings. The van der Waals surface area contributed by atoms with Gasteiger partial charge >= 0.3 is 11.9 Å². The Labute approximate surface area is 136 Å². The summed E-state index contributed by atoms with van der Waals surface area (Å²) in [6, 6.07) is 0. The summed E-state index contributed by atoms with van der Waals surface area (Å²) in [5, 5.41) is 33.8. The number of carboxylic acid groups (broad SMARTS) is 2. The zero-order chi connectivity index (χ0) is 18.6. The average Bonchev–Trinajstić information content (AvgIpc) is 2.48. The maximum Gasteiger partial charge on any atom is 0.330 e. The van der Waals surface area contributed by atoms with Crippen molar-refractivity contribution in [2.75, 3.05) is 13.2 Å². The quantitative estimate of drug-likeness (QED) is 0.588. The van der Waals surface area contributed by atoms with E-state index in [-0.39, 0.29) is 35.7 Å². The van der Waals surface area contributed by atoms with Gasteiger partial charge in [0, 0.05) is 22.5 Å². The van der Waals surface area contributed by atoms with Crippen LogP contribution in [0.5, 0.6) is 0 Å². The van der Waals surface area contributed by atoms with Gasteiger partial charge < -0.3 is 20.4 Å². The Bertz CT molecular complexity index is 441. The van der Waals surface area contributed by atoms with Gasteiger partial charge in [0.1, 0.15) is 0 Å². The van der Waals surface area contributed by atoms with Crippen molar-refractivity contribution in [2.45, 2.75) is 20.8 Å². The molecule has 0 saturated carbocycles. The van der Waals surface area contributed by atoms with E-state index in [1.165, 1.54) is 13.8 Å². The van der Waals surface area contributed by atoms with Crippen LogP contribution in [0.15, 0.2) is 48.6 Å². The molecule has 2 unspecified atom stereocenters. The van der Waals surface area contributed by atoms with Gasteiger partial charge in [0.15, 0.2) is 0 Å². The lowest BCUT2D eigenvalue weighted by Crippen LogP contribution is -2.31. The fourth-order valence-electron chi connectivity index (χ4n) is 1.26. The summed E-state index contributed by atoms with van der Waals surface area (Å²) < 4.78 is 0. The zero-order valence-corrected chi connectivity index (χ0v) is 13.8. The van der Waals surface area contributed by atoms with Crippen LogP contribution in [0.4, 0.5) is 0 Å². The Morgan fingerprint density at radius 3 is 1.65 bits per heavy atom. The monoisotopic (exact) mass is 326 g/mol. The van der Waals surface area contributed by atoms with E-state index in [1.807, 2.05) is 31.2 Å². The van der Waals surface area contributed by atoms with Gasteiger partial charge in [0.25, 0.3) is 0 Å². The van der Waals surface area contributed by atoms with E-state index in [0.29, 0.717) is 0 Å². The third-order valence-corrected chi connectivity index (χ3v) is 3.05. The molecular formula is C17H26O6. The molecular weight excluding hydrogens is 300 g/mol. The number of aliphatic hydroxyl groups excluding tert-OH is 2. The molecule has 0 aromatic carbocycles. The van der Waals surface area contributed by atoms with Crippen LogP contribution in [0.25, 0.3) is 0 Å². The lowest BCUT2D eigenvalue weighted by molar-refractivity contribution is -0.133.